The minimum atomic E-state index is -0.0968. The Hall–Kier alpha value is -2.77. The van der Waals surface area contributed by atoms with E-state index in [4.69, 9.17) is 4.74 Å². The molecule has 0 aromatic carbocycles. The van der Waals surface area contributed by atoms with Crippen LogP contribution in [0.4, 0.5) is 5.95 Å². The van der Waals surface area contributed by atoms with Gasteiger partial charge in [0.05, 0.1) is 13.3 Å². The Kier molecular flexibility index (Phi) is 4.31. The molecule has 1 fully saturated rings. The van der Waals surface area contributed by atoms with Gasteiger partial charge in [0.25, 0.3) is 5.91 Å². The van der Waals surface area contributed by atoms with Crippen molar-refractivity contribution >= 4 is 11.9 Å². The Morgan fingerprint density at radius 1 is 1.17 bits per heavy atom. The number of anilines is 1. The van der Waals surface area contributed by atoms with Crippen LogP contribution < -0.4 is 9.64 Å². The van der Waals surface area contributed by atoms with Crippen LogP contribution in [0.25, 0.3) is 0 Å². The van der Waals surface area contributed by atoms with E-state index in [2.05, 4.69) is 24.8 Å². The highest BCUT2D eigenvalue weighted by Crippen LogP contribution is 2.17. The van der Waals surface area contributed by atoms with Gasteiger partial charge in [-0.2, -0.15) is 4.98 Å². The number of carbonyl (C=O) groups is 1. The van der Waals surface area contributed by atoms with Crippen molar-refractivity contribution < 1.29 is 9.53 Å². The van der Waals surface area contributed by atoms with E-state index in [1.54, 1.807) is 24.3 Å². The van der Waals surface area contributed by atoms with E-state index < -0.39 is 0 Å². The zero-order valence-corrected chi connectivity index (χ0v) is 13.1. The molecule has 2 aromatic rings. The van der Waals surface area contributed by atoms with Crippen molar-refractivity contribution in [1.82, 2.24) is 24.8 Å². The van der Waals surface area contributed by atoms with Gasteiger partial charge in [0.2, 0.25) is 11.8 Å². The first-order chi connectivity index (χ1) is 11.2. The van der Waals surface area contributed by atoms with Crippen LogP contribution in [0, 0.1) is 6.92 Å². The first kappa shape index (κ1) is 15.1. The summed E-state index contributed by atoms with van der Waals surface area (Å²) < 4.78 is 5.19. The van der Waals surface area contributed by atoms with Crippen LogP contribution in [-0.4, -0.2) is 64.0 Å². The Balaban J connectivity index is 1.67. The van der Waals surface area contributed by atoms with E-state index in [0.29, 0.717) is 43.7 Å². The third-order valence-corrected chi connectivity index (χ3v) is 3.66. The van der Waals surface area contributed by atoms with Crippen LogP contribution in [0.15, 0.2) is 24.7 Å². The Morgan fingerprint density at radius 2 is 1.96 bits per heavy atom. The van der Waals surface area contributed by atoms with Crippen LogP contribution in [-0.2, 0) is 0 Å². The molecule has 0 unspecified atom stereocenters. The van der Waals surface area contributed by atoms with Crippen LogP contribution in [0.3, 0.4) is 0 Å². The maximum Gasteiger partial charge on any atom is 0.274 e. The average molecular weight is 314 g/mol. The molecular formula is C15H18N6O2. The van der Waals surface area contributed by atoms with Gasteiger partial charge in [-0.05, 0) is 6.92 Å². The van der Waals surface area contributed by atoms with Gasteiger partial charge in [-0.15, -0.1) is 0 Å². The summed E-state index contributed by atoms with van der Waals surface area (Å²) in [7, 11) is 1.59. The molecule has 0 saturated carbocycles. The van der Waals surface area contributed by atoms with E-state index in [9.17, 15) is 4.79 Å². The van der Waals surface area contributed by atoms with E-state index in [-0.39, 0.29) is 5.91 Å². The third-order valence-electron chi connectivity index (χ3n) is 3.66. The molecule has 8 nitrogen and oxygen atoms in total. The summed E-state index contributed by atoms with van der Waals surface area (Å²) in [5.41, 5.74) is 1.22. The van der Waals surface area contributed by atoms with Gasteiger partial charge in [0.15, 0.2) is 0 Å². The van der Waals surface area contributed by atoms with Gasteiger partial charge in [-0.1, -0.05) is 0 Å². The number of ether oxygens (including phenoxy) is 1. The summed E-state index contributed by atoms with van der Waals surface area (Å²) in [6, 6.07) is 1.79. The Bertz CT molecular complexity index is 686. The topological polar surface area (TPSA) is 84.3 Å². The molecule has 23 heavy (non-hydrogen) atoms. The molecule has 1 aliphatic heterocycles. The second-order valence-corrected chi connectivity index (χ2v) is 5.22. The lowest BCUT2D eigenvalue weighted by Crippen LogP contribution is -2.49. The molecule has 120 valence electrons. The molecule has 0 radical (unpaired) electrons. The van der Waals surface area contributed by atoms with Crippen LogP contribution in [0.5, 0.6) is 5.88 Å². The maximum atomic E-state index is 12.4. The van der Waals surface area contributed by atoms with Gasteiger partial charge in [0.1, 0.15) is 5.69 Å². The number of piperazine rings is 1. The second kappa shape index (κ2) is 6.55. The molecule has 8 heteroatoms. The summed E-state index contributed by atoms with van der Waals surface area (Å²) in [6.45, 7) is 4.42. The predicted octanol–water partition coefficient (Wildman–Crippen LogP) is 0.546. The molecule has 0 atom stereocenters. The molecule has 3 rings (SSSR count). The fourth-order valence-electron chi connectivity index (χ4n) is 2.45. The number of aryl methyl sites for hydroxylation is 1. The van der Waals surface area contributed by atoms with E-state index >= 15 is 0 Å². The van der Waals surface area contributed by atoms with Crippen molar-refractivity contribution in [2.45, 2.75) is 6.92 Å². The van der Waals surface area contributed by atoms with Gasteiger partial charge < -0.3 is 14.5 Å². The monoisotopic (exact) mass is 314 g/mol. The summed E-state index contributed by atoms with van der Waals surface area (Å²) in [5, 5.41) is 0. The number of hydrogen-bond donors (Lipinski definition) is 0. The number of carbonyl (C=O) groups excluding carboxylic acids is 1. The van der Waals surface area contributed by atoms with Crippen LogP contribution in [0.1, 0.15) is 16.2 Å². The standard InChI is InChI=1S/C15H18N6O2/c1-11-9-13(23-2)19-15(18-11)21-7-5-20(6-8-21)14(22)12-10-16-3-4-17-12/h3-4,9-10H,5-8H2,1-2H3. The fourth-order valence-corrected chi connectivity index (χ4v) is 2.45. The summed E-state index contributed by atoms with van der Waals surface area (Å²) in [4.78, 5) is 33.0. The highest BCUT2D eigenvalue weighted by Gasteiger charge is 2.24. The van der Waals surface area contributed by atoms with Crippen molar-refractivity contribution in [1.29, 1.82) is 0 Å². The molecule has 0 bridgehead atoms. The summed E-state index contributed by atoms with van der Waals surface area (Å²) in [5.74, 6) is 1.08. The molecule has 3 heterocycles. The zero-order valence-electron chi connectivity index (χ0n) is 13.1. The maximum absolute atomic E-state index is 12.4. The SMILES string of the molecule is COc1cc(C)nc(N2CCN(C(=O)c3cnccn3)CC2)n1. The van der Waals surface area contributed by atoms with Crippen molar-refractivity contribution in [2.75, 3.05) is 38.2 Å². The van der Waals surface area contributed by atoms with Gasteiger partial charge in [-0.3, -0.25) is 9.78 Å². The van der Waals surface area contributed by atoms with Crippen LogP contribution >= 0.6 is 0 Å². The molecule has 0 N–H and O–H groups in total. The first-order valence-corrected chi connectivity index (χ1v) is 7.37. The summed E-state index contributed by atoms with van der Waals surface area (Å²) in [6.07, 6.45) is 4.57. The van der Waals surface area contributed by atoms with Crippen molar-refractivity contribution in [3.05, 3.63) is 36.0 Å². The largest absolute Gasteiger partial charge is 0.481 e. The number of methoxy groups -OCH3 is 1. The highest BCUT2D eigenvalue weighted by molar-refractivity contribution is 5.92. The molecule has 0 spiro atoms. The van der Waals surface area contributed by atoms with E-state index in [1.165, 1.54) is 12.4 Å². The lowest BCUT2D eigenvalue weighted by Gasteiger charge is -2.34. The smallest absolute Gasteiger partial charge is 0.274 e. The fraction of sp³-hybridized carbons (Fsp3) is 0.400. The molecule has 0 aliphatic carbocycles. The lowest BCUT2D eigenvalue weighted by atomic mass is 10.3. The minimum absolute atomic E-state index is 0.0968. The average Bonchev–Trinajstić information content (AvgIpc) is 2.61. The summed E-state index contributed by atoms with van der Waals surface area (Å²) >= 11 is 0. The molecule has 1 amide bonds. The molecular weight excluding hydrogens is 296 g/mol. The number of nitrogens with zero attached hydrogens (tertiary/aromatic N) is 6. The Labute approximate surface area is 134 Å². The van der Waals surface area contributed by atoms with Crippen LogP contribution in [0.2, 0.25) is 0 Å². The lowest BCUT2D eigenvalue weighted by molar-refractivity contribution is 0.0739. The van der Waals surface area contributed by atoms with Crippen molar-refractivity contribution in [2.24, 2.45) is 0 Å². The number of hydrogen-bond acceptors (Lipinski definition) is 7. The second-order valence-electron chi connectivity index (χ2n) is 5.22. The number of aromatic nitrogens is 4. The van der Waals surface area contributed by atoms with E-state index in [1.807, 2.05) is 6.92 Å². The predicted molar refractivity (Wildman–Crippen MR) is 83.5 cm³/mol. The van der Waals surface area contributed by atoms with Crippen molar-refractivity contribution in [3.63, 3.8) is 0 Å². The molecule has 1 aliphatic rings. The number of amides is 1. The van der Waals surface area contributed by atoms with Gasteiger partial charge in [-0.25, -0.2) is 9.97 Å². The van der Waals surface area contributed by atoms with Gasteiger partial charge in [0, 0.05) is 50.3 Å². The quantitative estimate of drug-likeness (QED) is 0.817. The normalized spacial score (nSPS) is 14.7. The minimum Gasteiger partial charge on any atom is -0.481 e. The van der Waals surface area contributed by atoms with Crippen molar-refractivity contribution in [3.8, 4) is 5.88 Å². The zero-order chi connectivity index (χ0) is 16.2. The Morgan fingerprint density at radius 3 is 2.61 bits per heavy atom. The first-order valence-electron chi connectivity index (χ1n) is 7.37. The van der Waals surface area contributed by atoms with E-state index in [0.717, 1.165) is 5.69 Å². The number of rotatable bonds is 3. The molecule has 1 saturated heterocycles. The van der Waals surface area contributed by atoms with Gasteiger partial charge >= 0.3 is 0 Å². The third kappa shape index (κ3) is 3.36. The highest BCUT2D eigenvalue weighted by atomic mass is 16.5. The molecule has 2 aromatic heterocycles.